The molecule has 0 spiro atoms. The molecular weight excluding hydrogens is 368 g/mol. The fourth-order valence-electron chi connectivity index (χ4n) is 3.15. The molecule has 1 N–H and O–H groups in total. The van der Waals surface area contributed by atoms with Gasteiger partial charge in [0.05, 0.1) is 9.77 Å². The molecule has 26 heavy (non-hydrogen) atoms. The molecule has 3 rings (SSSR count). The summed E-state index contributed by atoms with van der Waals surface area (Å²) in [6.45, 7) is 5.58. The number of likely N-dealkylation sites (tertiary alicyclic amines) is 1. The third kappa shape index (κ3) is 4.52. The smallest absolute Gasteiger partial charge is 0.263 e. The number of hydrogen-bond acceptors (Lipinski definition) is 4. The van der Waals surface area contributed by atoms with E-state index in [9.17, 15) is 13.2 Å². The minimum absolute atomic E-state index is 0.0502. The molecule has 140 valence electrons. The van der Waals surface area contributed by atoms with E-state index in [0.29, 0.717) is 13.1 Å². The van der Waals surface area contributed by atoms with E-state index in [0.717, 1.165) is 34.7 Å². The highest BCUT2D eigenvalue weighted by Crippen LogP contribution is 2.22. The quantitative estimate of drug-likeness (QED) is 0.850. The Morgan fingerprint density at radius 2 is 1.92 bits per heavy atom. The van der Waals surface area contributed by atoms with Gasteiger partial charge in [-0.2, -0.15) is 0 Å². The molecule has 1 aliphatic heterocycles. The maximum absolute atomic E-state index is 12.6. The first-order chi connectivity index (χ1) is 12.3. The highest BCUT2D eigenvalue weighted by molar-refractivity contribution is 7.89. The molecule has 1 fully saturated rings. The Morgan fingerprint density at radius 3 is 2.58 bits per heavy atom. The SMILES string of the molecule is Cc1ccc(S(=O)(=O)NC[C@@H]2CCCN(C(=O)c3ccc(C)s3)C2)cc1. The summed E-state index contributed by atoms with van der Waals surface area (Å²) in [4.78, 5) is 16.6. The molecule has 0 aliphatic carbocycles. The van der Waals surface area contributed by atoms with E-state index in [1.807, 2.05) is 30.9 Å². The lowest BCUT2D eigenvalue weighted by Crippen LogP contribution is -2.43. The van der Waals surface area contributed by atoms with Crippen LogP contribution in [-0.2, 0) is 10.0 Å². The van der Waals surface area contributed by atoms with Gasteiger partial charge in [-0.05, 0) is 56.9 Å². The number of benzene rings is 1. The molecule has 2 heterocycles. The Kier molecular flexibility index (Phi) is 5.79. The van der Waals surface area contributed by atoms with Crippen molar-refractivity contribution in [2.75, 3.05) is 19.6 Å². The van der Waals surface area contributed by atoms with Crippen molar-refractivity contribution in [3.8, 4) is 0 Å². The van der Waals surface area contributed by atoms with Crippen LogP contribution in [0.1, 0.15) is 33.0 Å². The Balaban J connectivity index is 1.60. The van der Waals surface area contributed by atoms with E-state index in [1.165, 1.54) is 11.3 Å². The minimum atomic E-state index is -3.51. The van der Waals surface area contributed by atoms with E-state index < -0.39 is 10.0 Å². The van der Waals surface area contributed by atoms with Crippen LogP contribution in [0.4, 0.5) is 0 Å². The maximum atomic E-state index is 12.6. The van der Waals surface area contributed by atoms with Crippen LogP contribution in [0.15, 0.2) is 41.3 Å². The van der Waals surface area contributed by atoms with Gasteiger partial charge in [0.15, 0.2) is 0 Å². The normalized spacial score (nSPS) is 18.1. The lowest BCUT2D eigenvalue weighted by atomic mass is 9.98. The van der Waals surface area contributed by atoms with Crippen molar-refractivity contribution in [3.05, 3.63) is 51.7 Å². The number of thiophene rings is 1. The number of nitrogens with zero attached hydrogens (tertiary/aromatic N) is 1. The summed E-state index contributed by atoms with van der Waals surface area (Å²) in [5, 5.41) is 0. The molecule has 1 aliphatic rings. The highest BCUT2D eigenvalue weighted by atomic mass is 32.2. The number of nitrogens with one attached hydrogen (secondary N) is 1. The monoisotopic (exact) mass is 392 g/mol. The number of rotatable bonds is 5. The fourth-order valence-corrected chi connectivity index (χ4v) is 5.10. The third-order valence-corrected chi connectivity index (χ3v) is 7.08. The summed E-state index contributed by atoms with van der Waals surface area (Å²) in [5.41, 5.74) is 1.02. The molecule has 1 amide bonds. The standard InChI is InChI=1S/C19H24N2O3S2/c1-14-5-8-17(9-6-14)26(23,24)20-12-16-4-3-11-21(13-16)19(22)18-10-7-15(2)25-18/h5-10,16,20H,3-4,11-13H2,1-2H3/t16-/m0/s1. The summed E-state index contributed by atoms with van der Waals surface area (Å²) >= 11 is 1.50. The van der Waals surface area contributed by atoms with Gasteiger partial charge in [-0.3, -0.25) is 4.79 Å². The van der Waals surface area contributed by atoms with Crippen molar-refractivity contribution in [3.63, 3.8) is 0 Å². The number of amides is 1. The van der Waals surface area contributed by atoms with Crippen LogP contribution in [0.25, 0.3) is 0 Å². The second-order valence-corrected chi connectivity index (χ2v) is 9.89. The Hall–Kier alpha value is -1.70. The van der Waals surface area contributed by atoms with Gasteiger partial charge in [-0.1, -0.05) is 17.7 Å². The van der Waals surface area contributed by atoms with Gasteiger partial charge in [0, 0.05) is 24.5 Å². The van der Waals surface area contributed by atoms with Gasteiger partial charge in [0.25, 0.3) is 5.91 Å². The molecule has 7 heteroatoms. The van der Waals surface area contributed by atoms with Gasteiger partial charge < -0.3 is 4.90 Å². The van der Waals surface area contributed by atoms with Crippen LogP contribution in [-0.4, -0.2) is 38.9 Å². The molecule has 0 saturated carbocycles. The summed E-state index contributed by atoms with van der Waals surface area (Å²) in [5.74, 6) is 0.183. The molecule has 2 aromatic rings. The number of carbonyl (C=O) groups is 1. The molecule has 0 radical (unpaired) electrons. The molecule has 1 saturated heterocycles. The predicted molar refractivity (Wildman–Crippen MR) is 104 cm³/mol. The number of hydrogen-bond donors (Lipinski definition) is 1. The number of sulfonamides is 1. The Labute approximate surface area is 159 Å². The first-order valence-electron chi connectivity index (χ1n) is 8.77. The van der Waals surface area contributed by atoms with Crippen molar-refractivity contribution >= 4 is 27.3 Å². The maximum Gasteiger partial charge on any atom is 0.263 e. The molecule has 1 aromatic heterocycles. The zero-order valence-corrected chi connectivity index (χ0v) is 16.7. The number of aryl methyl sites for hydroxylation is 2. The van der Waals surface area contributed by atoms with Crippen LogP contribution in [0, 0.1) is 19.8 Å². The van der Waals surface area contributed by atoms with Crippen molar-refractivity contribution < 1.29 is 13.2 Å². The zero-order valence-electron chi connectivity index (χ0n) is 15.1. The molecule has 1 aromatic carbocycles. The van der Waals surface area contributed by atoms with Crippen molar-refractivity contribution in [2.45, 2.75) is 31.6 Å². The molecule has 0 bridgehead atoms. The van der Waals surface area contributed by atoms with E-state index in [-0.39, 0.29) is 16.7 Å². The third-order valence-electron chi connectivity index (χ3n) is 4.65. The predicted octanol–water partition coefficient (Wildman–Crippen LogP) is 3.20. The first-order valence-corrected chi connectivity index (χ1v) is 11.1. The average molecular weight is 393 g/mol. The molecular formula is C19H24N2O3S2. The summed E-state index contributed by atoms with van der Waals surface area (Å²) in [6, 6.07) is 10.6. The average Bonchev–Trinajstić information content (AvgIpc) is 3.06. The molecule has 1 atom stereocenters. The second-order valence-electron chi connectivity index (χ2n) is 6.83. The van der Waals surface area contributed by atoms with E-state index in [4.69, 9.17) is 0 Å². The summed E-state index contributed by atoms with van der Waals surface area (Å²) < 4.78 is 27.6. The zero-order chi connectivity index (χ0) is 18.7. The van der Waals surface area contributed by atoms with Crippen LogP contribution >= 0.6 is 11.3 Å². The lowest BCUT2D eigenvalue weighted by molar-refractivity contribution is 0.0681. The van der Waals surface area contributed by atoms with E-state index in [2.05, 4.69) is 4.72 Å². The molecule has 5 nitrogen and oxygen atoms in total. The highest BCUT2D eigenvalue weighted by Gasteiger charge is 2.26. The number of carbonyl (C=O) groups excluding carboxylic acids is 1. The second kappa shape index (κ2) is 7.90. The van der Waals surface area contributed by atoms with Gasteiger partial charge >= 0.3 is 0 Å². The van der Waals surface area contributed by atoms with Crippen LogP contribution in [0.3, 0.4) is 0 Å². The topological polar surface area (TPSA) is 66.5 Å². The van der Waals surface area contributed by atoms with Crippen LogP contribution in [0.2, 0.25) is 0 Å². The van der Waals surface area contributed by atoms with Gasteiger partial charge in [-0.15, -0.1) is 11.3 Å². The van der Waals surface area contributed by atoms with Crippen molar-refractivity contribution in [2.24, 2.45) is 5.92 Å². The van der Waals surface area contributed by atoms with Crippen molar-refractivity contribution in [1.29, 1.82) is 0 Å². The van der Waals surface area contributed by atoms with Gasteiger partial charge in [0.1, 0.15) is 0 Å². The number of piperidine rings is 1. The first kappa shape index (κ1) is 19.1. The van der Waals surface area contributed by atoms with E-state index in [1.54, 1.807) is 24.3 Å². The van der Waals surface area contributed by atoms with Crippen molar-refractivity contribution in [1.82, 2.24) is 9.62 Å². The van der Waals surface area contributed by atoms with Gasteiger partial charge in [-0.25, -0.2) is 13.1 Å². The summed E-state index contributed by atoms with van der Waals surface area (Å²) in [6.07, 6.45) is 1.82. The Morgan fingerprint density at radius 1 is 1.19 bits per heavy atom. The summed E-state index contributed by atoms with van der Waals surface area (Å²) in [7, 11) is -3.51. The van der Waals surface area contributed by atoms with Crippen LogP contribution in [0.5, 0.6) is 0 Å². The molecule has 0 unspecified atom stereocenters. The van der Waals surface area contributed by atoms with E-state index >= 15 is 0 Å². The fraction of sp³-hybridized carbons (Fsp3) is 0.421. The largest absolute Gasteiger partial charge is 0.338 e. The lowest BCUT2D eigenvalue weighted by Gasteiger charge is -2.32. The van der Waals surface area contributed by atoms with Crippen LogP contribution < -0.4 is 4.72 Å². The Bertz CT molecular complexity index is 872. The minimum Gasteiger partial charge on any atom is -0.338 e. The van der Waals surface area contributed by atoms with Gasteiger partial charge in [0.2, 0.25) is 10.0 Å².